The summed E-state index contributed by atoms with van der Waals surface area (Å²) in [6.45, 7) is 3.41. The Morgan fingerprint density at radius 1 is 1.26 bits per heavy atom. The third-order valence-corrected chi connectivity index (χ3v) is 2.55. The summed E-state index contributed by atoms with van der Waals surface area (Å²) in [5, 5.41) is 3.18. The monoisotopic (exact) mass is 267 g/mol. The van der Waals surface area contributed by atoms with Crippen LogP contribution in [0, 0.1) is 6.92 Å². The van der Waals surface area contributed by atoms with E-state index in [-0.39, 0.29) is 5.82 Å². The average Bonchev–Trinajstić information content (AvgIpc) is 2.41. The molecule has 0 saturated carbocycles. The summed E-state index contributed by atoms with van der Waals surface area (Å²) in [6, 6.07) is 1.81. The highest BCUT2D eigenvalue weighted by Crippen LogP contribution is 2.07. The predicted octanol–water partition coefficient (Wildman–Crippen LogP) is 1.80. The van der Waals surface area contributed by atoms with Crippen LogP contribution in [0.1, 0.15) is 35.6 Å². The summed E-state index contributed by atoms with van der Waals surface area (Å²) < 4.78 is 9.60. The van der Waals surface area contributed by atoms with Gasteiger partial charge >= 0.3 is 5.97 Å². The summed E-state index contributed by atoms with van der Waals surface area (Å²) in [4.78, 5) is 19.5. The highest BCUT2D eigenvalue weighted by molar-refractivity contribution is 5.85. The van der Waals surface area contributed by atoms with Gasteiger partial charge in [-0.3, -0.25) is 0 Å². The van der Waals surface area contributed by atoms with Crippen LogP contribution < -0.4 is 5.32 Å². The van der Waals surface area contributed by atoms with Crippen molar-refractivity contribution in [1.82, 2.24) is 9.97 Å². The molecule has 1 aromatic heterocycles. The third-order valence-electron chi connectivity index (χ3n) is 2.55. The summed E-state index contributed by atoms with van der Waals surface area (Å²) in [6.07, 6.45) is 3.17. The second-order valence-corrected chi connectivity index (χ2v) is 4.19. The van der Waals surface area contributed by atoms with Gasteiger partial charge in [0.15, 0.2) is 0 Å². The lowest BCUT2D eigenvalue weighted by atomic mass is 10.2. The van der Waals surface area contributed by atoms with E-state index in [9.17, 15) is 4.79 Å². The van der Waals surface area contributed by atoms with Crippen molar-refractivity contribution in [2.24, 2.45) is 0 Å². The molecule has 0 saturated heterocycles. The van der Waals surface area contributed by atoms with Crippen LogP contribution in [0.25, 0.3) is 0 Å². The van der Waals surface area contributed by atoms with Crippen LogP contribution in [0.4, 0.5) is 5.82 Å². The molecule has 0 aliphatic carbocycles. The molecule has 1 aromatic rings. The van der Waals surface area contributed by atoms with Crippen molar-refractivity contribution in [2.75, 3.05) is 32.7 Å². The zero-order chi connectivity index (χ0) is 14.1. The molecule has 0 aliphatic heterocycles. The molecule has 19 heavy (non-hydrogen) atoms. The predicted molar refractivity (Wildman–Crippen MR) is 72.3 cm³/mol. The van der Waals surface area contributed by atoms with Gasteiger partial charge in [0.05, 0.1) is 7.11 Å². The Hall–Kier alpha value is -1.69. The maximum atomic E-state index is 11.4. The number of anilines is 1. The van der Waals surface area contributed by atoms with E-state index in [1.807, 2.05) is 13.0 Å². The molecule has 0 radical (unpaired) electrons. The second-order valence-electron chi connectivity index (χ2n) is 4.19. The van der Waals surface area contributed by atoms with E-state index in [1.54, 1.807) is 7.11 Å². The number of nitrogens with one attached hydrogen (secondary N) is 1. The summed E-state index contributed by atoms with van der Waals surface area (Å²) in [5.41, 5.74) is 0.734. The number of unbranched alkanes of at least 4 members (excludes halogenated alkanes) is 2. The van der Waals surface area contributed by atoms with Gasteiger partial charge < -0.3 is 14.8 Å². The fraction of sp³-hybridized carbons (Fsp3) is 0.615. The Bertz CT molecular complexity index is 410. The largest absolute Gasteiger partial charge is 0.463 e. The smallest absolute Gasteiger partial charge is 0.376 e. The van der Waals surface area contributed by atoms with Crippen molar-refractivity contribution < 1.29 is 14.3 Å². The van der Waals surface area contributed by atoms with Crippen LogP contribution in [0.2, 0.25) is 0 Å². The summed E-state index contributed by atoms with van der Waals surface area (Å²) in [5.74, 6) is 0.218. The molecule has 1 heterocycles. The average molecular weight is 267 g/mol. The Morgan fingerprint density at radius 2 is 2.05 bits per heavy atom. The van der Waals surface area contributed by atoms with Gasteiger partial charge in [-0.15, -0.1) is 0 Å². The van der Waals surface area contributed by atoms with Crippen LogP contribution in [-0.4, -0.2) is 43.3 Å². The summed E-state index contributed by atoms with van der Waals surface area (Å²) >= 11 is 0. The lowest BCUT2D eigenvalue weighted by Gasteiger charge is -2.07. The molecule has 0 amide bonds. The number of aryl methyl sites for hydroxylation is 1. The van der Waals surface area contributed by atoms with Crippen molar-refractivity contribution in [2.45, 2.75) is 26.2 Å². The molecule has 0 bridgehead atoms. The van der Waals surface area contributed by atoms with E-state index in [4.69, 9.17) is 4.74 Å². The molecule has 0 spiro atoms. The number of methoxy groups -OCH3 is 2. The number of carbonyl (C=O) groups excluding carboxylic acids is 1. The number of nitrogens with zero attached hydrogens (tertiary/aromatic N) is 2. The van der Waals surface area contributed by atoms with E-state index in [0.717, 1.165) is 38.1 Å². The van der Waals surface area contributed by atoms with Gasteiger partial charge in [0.2, 0.25) is 5.82 Å². The van der Waals surface area contributed by atoms with Crippen LogP contribution in [0.3, 0.4) is 0 Å². The Labute approximate surface area is 113 Å². The molecular weight excluding hydrogens is 246 g/mol. The van der Waals surface area contributed by atoms with E-state index in [0.29, 0.717) is 5.82 Å². The zero-order valence-electron chi connectivity index (χ0n) is 11.7. The molecule has 0 aliphatic rings. The first kappa shape index (κ1) is 15.4. The third kappa shape index (κ3) is 5.65. The van der Waals surface area contributed by atoms with Crippen molar-refractivity contribution in [1.29, 1.82) is 0 Å². The molecule has 1 rings (SSSR count). The highest BCUT2D eigenvalue weighted by Gasteiger charge is 2.10. The lowest BCUT2D eigenvalue weighted by molar-refractivity contribution is 0.0586. The van der Waals surface area contributed by atoms with Crippen LogP contribution in [0.5, 0.6) is 0 Å². The maximum absolute atomic E-state index is 11.4. The SMILES string of the molecule is COCCCCCNc1cc(C)nc(C(=O)OC)n1. The Kier molecular flexibility index (Phi) is 6.81. The van der Waals surface area contributed by atoms with Gasteiger partial charge in [0.25, 0.3) is 0 Å². The molecule has 1 N–H and O–H groups in total. The molecule has 6 nitrogen and oxygen atoms in total. The first-order valence-corrected chi connectivity index (χ1v) is 6.34. The van der Waals surface area contributed by atoms with E-state index < -0.39 is 5.97 Å². The van der Waals surface area contributed by atoms with E-state index in [1.165, 1.54) is 7.11 Å². The fourth-order valence-corrected chi connectivity index (χ4v) is 1.61. The zero-order valence-corrected chi connectivity index (χ0v) is 11.7. The molecule has 0 atom stereocenters. The number of carbonyl (C=O) groups is 1. The first-order chi connectivity index (χ1) is 9.17. The number of rotatable bonds is 8. The van der Waals surface area contributed by atoms with Crippen LogP contribution >= 0.6 is 0 Å². The highest BCUT2D eigenvalue weighted by atomic mass is 16.5. The molecule has 106 valence electrons. The van der Waals surface area contributed by atoms with Gasteiger partial charge in [-0.25, -0.2) is 14.8 Å². The minimum Gasteiger partial charge on any atom is -0.463 e. The molecule has 0 fully saturated rings. The Morgan fingerprint density at radius 3 is 2.74 bits per heavy atom. The van der Waals surface area contributed by atoms with Gasteiger partial charge in [-0.2, -0.15) is 0 Å². The Balaban J connectivity index is 2.45. The number of ether oxygens (including phenoxy) is 2. The summed E-state index contributed by atoms with van der Waals surface area (Å²) in [7, 11) is 3.02. The number of hydrogen-bond donors (Lipinski definition) is 1. The van der Waals surface area contributed by atoms with Gasteiger partial charge in [-0.1, -0.05) is 0 Å². The van der Waals surface area contributed by atoms with Gasteiger partial charge in [0.1, 0.15) is 5.82 Å². The molecule has 0 aromatic carbocycles. The van der Waals surface area contributed by atoms with Crippen LogP contribution in [0.15, 0.2) is 6.07 Å². The van der Waals surface area contributed by atoms with Crippen LogP contribution in [-0.2, 0) is 9.47 Å². The standard InChI is InChI=1S/C13H21N3O3/c1-10-9-11(14-7-5-4-6-8-18-2)16-12(15-10)13(17)19-3/h9H,4-8H2,1-3H3,(H,14,15,16). The van der Waals surface area contributed by atoms with Gasteiger partial charge in [0, 0.05) is 32.0 Å². The minimum atomic E-state index is -0.521. The second kappa shape index (κ2) is 8.42. The molecular formula is C13H21N3O3. The topological polar surface area (TPSA) is 73.3 Å². The quantitative estimate of drug-likeness (QED) is 0.572. The lowest BCUT2D eigenvalue weighted by Crippen LogP contribution is -2.12. The van der Waals surface area contributed by atoms with Crippen molar-refractivity contribution >= 4 is 11.8 Å². The molecule has 0 unspecified atom stereocenters. The van der Waals surface area contributed by atoms with Crippen molar-refractivity contribution in [3.63, 3.8) is 0 Å². The number of esters is 1. The number of hydrogen-bond acceptors (Lipinski definition) is 6. The van der Waals surface area contributed by atoms with E-state index >= 15 is 0 Å². The van der Waals surface area contributed by atoms with Crippen molar-refractivity contribution in [3.05, 3.63) is 17.6 Å². The number of aromatic nitrogens is 2. The maximum Gasteiger partial charge on any atom is 0.376 e. The van der Waals surface area contributed by atoms with Crippen molar-refractivity contribution in [3.8, 4) is 0 Å². The minimum absolute atomic E-state index is 0.0874. The fourth-order valence-electron chi connectivity index (χ4n) is 1.61. The first-order valence-electron chi connectivity index (χ1n) is 6.34. The van der Waals surface area contributed by atoms with Gasteiger partial charge in [-0.05, 0) is 26.2 Å². The van der Waals surface area contributed by atoms with E-state index in [2.05, 4.69) is 20.0 Å². The molecule has 6 heteroatoms. The normalized spacial score (nSPS) is 10.3.